The summed E-state index contributed by atoms with van der Waals surface area (Å²) < 4.78 is 49.4. The summed E-state index contributed by atoms with van der Waals surface area (Å²) in [5.41, 5.74) is 13.3. The molecule has 16 heteroatoms. The third-order valence-electron chi connectivity index (χ3n) is 14.4. The predicted octanol–water partition coefficient (Wildman–Crippen LogP) is 13.1. The molecule has 76 heavy (non-hydrogen) atoms. The van der Waals surface area contributed by atoms with Crippen LogP contribution in [0.3, 0.4) is 0 Å². The Balaban J connectivity index is 0.000000150. The molecule has 396 valence electrons. The normalized spacial score (nSPS) is 17.9. The summed E-state index contributed by atoms with van der Waals surface area (Å²) in [6, 6.07) is 49.5. The molecular formula is C60H60Br2F2N4O6S2. The van der Waals surface area contributed by atoms with Crippen molar-refractivity contribution in [1.82, 2.24) is 0 Å². The van der Waals surface area contributed by atoms with E-state index in [-0.39, 0.29) is 28.9 Å². The van der Waals surface area contributed by atoms with Crippen molar-refractivity contribution in [3.05, 3.63) is 188 Å². The first-order valence-electron chi connectivity index (χ1n) is 25.1. The molecule has 4 fully saturated rings. The topological polar surface area (TPSA) is 171 Å². The number of benzene rings is 6. The highest BCUT2D eigenvalue weighted by Crippen LogP contribution is 2.40. The Morgan fingerprint density at radius 1 is 0.434 bits per heavy atom. The van der Waals surface area contributed by atoms with Gasteiger partial charge in [0.05, 0.1) is 33.8 Å². The van der Waals surface area contributed by atoms with E-state index in [9.17, 15) is 28.9 Å². The van der Waals surface area contributed by atoms with Gasteiger partial charge in [0.2, 0.25) is 11.8 Å². The highest BCUT2D eigenvalue weighted by Gasteiger charge is 2.42. The molecule has 0 bridgehead atoms. The fraction of sp³-hybridized carbons (Fsp3) is 0.333. The summed E-state index contributed by atoms with van der Waals surface area (Å²) in [5, 5.41) is 19.0. The Hall–Kier alpha value is -5.40. The average Bonchev–Trinajstić information content (AvgIpc) is 3.46. The molecule has 0 atom stereocenters. The zero-order chi connectivity index (χ0) is 54.0. The van der Waals surface area contributed by atoms with Gasteiger partial charge in [0.1, 0.15) is 11.6 Å². The van der Waals surface area contributed by atoms with Crippen molar-refractivity contribution in [2.75, 3.05) is 52.9 Å². The predicted molar refractivity (Wildman–Crippen MR) is 299 cm³/mol. The number of hydrogen-bond donors (Lipinski definition) is 2. The summed E-state index contributed by atoms with van der Waals surface area (Å²) >= 11 is 9.97. The molecule has 0 aromatic heterocycles. The summed E-state index contributed by atoms with van der Waals surface area (Å²) in [6.45, 7) is 4.88. The molecule has 6 aromatic rings. The molecular weight excluding hydrogens is 1130 g/mol. The lowest BCUT2D eigenvalue weighted by atomic mass is 9.73. The number of amides is 2. The highest BCUT2D eigenvalue weighted by atomic mass is 79.9. The van der Waals surface area contributed by atoms with Crippen LogP contribution >= 0.6 is 55.4 Å². The lowest BCUT2D eigenvalue weighted by Gasteiger charge is -2.34. The minimum atomic E-state index is -0.655. The molecule has 4 heterocycles. The second-order valence-electron chi connectivity index (χ2n) is 18.9. The van der Waals surface area contributed by atoms with Crippen LogP contribution in [0.2, 0.25) is 0 Å². The van der Waals surface area contributed by atoms with Gasteiger partial charge in [-0.15, -0.1) is 0 Å². The molecule has 2 amide bonds. The van der Waals surface area contributed by atoms with Crippen molar-refractivity contribution < 1.29 is 37.3 Å². The standard InChI is InChI=1S/C18H18FNO2S.C18H16FNOS.C12H14BrNO2.C12H12BrNO/c19-14-4-6-15(7-5-14)23-16-3-1-2-13(12-16)18(17(20)21)8-10-22-11-9-18;19-15-4-6-16(7-5-15)22-17-3-1-2-14(12-17)18(13-20)8-10-21-11-9-18;13-10-3-1-2-9(8-10)12(11(14)15)4-6-16-7-5-12;13-11-3-1-2-10(8-11)12(9-14)4-6-15-7-5-12/h1-7,12H,8-11H2,(H2,20,21);1-7,12H,8-11H2;1-3,8H,4-7H2,(H2,14,15);1-3,8H,4-7H2. The summed E-state index contributed by atoms with van der Waals surface area (Å²) in [4.78, 5) is 27.8. The Bertz CT molecular complexity index is 2970. The summed E-state index contributed by atoms with van der Waals surface area (Å²) in [7, 11) is 0. The number of hydrogen-bond acceptors (Lipinski definition) is 10. The van der Waals surface area contributed by atoms with Crippen molar-refractivity contribution in [1.29, 1.82) is 10.5 Å². The molecule has 4 saturated heterocycles. The van der Waals surface area contributed by atoms with E-state index in [4.69, 9.17) is 30.4 Å². The van der Waals surface area contributed by atoms with Gasteiger partial charge in [0, 0.05) is 81.4 Å². The van der Waals surface area contributed by atoms with E-state index in [1.165, 1.54) is 36.0 Å². The van der Waals surface area contributed by atoms with Gasteiger partial charge in [0.15, 0.2) is 0 Å². The van der Waals surface area contributed by atoms with Crippen LogP contribution in [-0.2, 0) is 50.2 Å². The SMILES string of the molecule is N#CC1(c2cccc(Br)c2)CCOCC1.N#CC1(c2cccc(Sc3ccc(F)cc3)c2)CCOCC1.NC(=O)C1(c2cccc(Br)c2)CCOCC1.NC(=O)C1(c2cccc(Sc3ccc(F)cc3)c2)CCOCC1. The third-order valence-corrected chi connectivity index (χ3v) is 17.4. The zero-order valence-electron chi connectivity index (χ0n) is 42.0. The number of halogens is 4. The number of nitriles is 2. The van der Waals surface area contributed by atoms with Crippen LogP contribution in [0.1, 0.15) is 73.6 Å². The molecule has 4 N–H and O–H groups in total. The van der Waals surface area contributed by atoms with Gasteiger partial charge in [0.25, 0.3) is 0 Å². The number of nitrogens with two attached hydrogens (primary N) is 2. The maximum atomic E-state index is 13.0. The Morgan fingerprint density at radius 3 is 1.09 bits per heavy atom. The van der Waals surface area contributed by atoms with Gasteiger partial charge in [-0.25, -0.2) is 8.78 Å². The van der Waals surface area contributed by atoms with Crippen LogP contribution in [0.25, 0.3) is 0 Å². The van der Waals surface area contributed by atoms with Crippen LogP contribution in [0.5, 0.6) is 0 Å². The van der Waals surface area contributed by atoms with E-state index in [0.29, 0.717) is 78.5 Å². The van der Waals surface area contributed by atoms with Gasteiger partial charge in [-0.3, -0.25) is 9.59 Å². The average molecular weight is 1200 g/mol. The highest BCUT2D eigenvalue weighted by molar-refractivity contribution is 9.10. The van der Waals surface area contributed by atoms with Crippen LogP contribution in [0, 0.1) is 34.3 Å². The largest absolute Gasteiger partial charge is 0.381 e. The van der Waals surface area contributed by atoms with Crippen molar-refractivity contribution in [2.45, 2.75) is 92.6 Å². The smallest absolute Gasteiger partial charge is 0.228 e. The molecule has 0 radical (unpaired) electrons. The van der Waals surface area contributed by atoms with Crippen LogP contribution in [0.4, 0.5) is 8.78 Å². The van der Waals surface area contributed by atoms with Crippen molar-refractivity contribution >= 4 is 67.2 Å². The molecule has 4 aliphatic rings. The zero-order valence-corrected chi connectivity index (χ0v) is 46.8. The fourth-order valence-corrected chi connectivity index (χ4v) is 12.3. The van der Waals surface area contributed by atoms with Crippen LogP contribution in [-0.4, -0.2) is 64.7 Å². The first-order chi connectivity index (χ1) is 36.7. The van der Waals surface area contributed by atoms with Gasteiger partial charge >= 0.3 is 0 Å². The van der Waals surface area contributed by atoms with Crippen molar-refractivity contribution in [3.8, 4) is 12.1 Å². The maximum absolute atomic E-state index is 13.0. The maximum Gasteiger partial charge on any atom is 0.228 e. The quantitative estimate of drug-likeness (QED) is 0.135. The first kappa shape index (κ1) is 58.3. The minimum Gasteiger partial charge on any atom is -0.381 e. The molecule has 10 nitrogen and oxygen atoms in total. The molecule has 10 rings (SSSR count). The Labute approximate surface area is 469 Å². The Morgan fingerprint density at radius 2 is 0.737 bits per heavy atom. The molecule has 4 aliphatic heterocycles. The number of primary amides is 2. The van der Waals surface area contributed by atoms with Gasteiger partial charge in [-0.1, -0.05) is 104 Å². The summed E-state index contributed by atoms with van der Waals surface area (Å²) in [6.07, 6.45) is 5.58. The van der Waals surface area contributed by atoms with E-state index in [1.54, 1.807) is 36.0 Å². The minimum absolute atomic E-state index is 0.233. The summed E-state index contributed by atoms with van der Waals surface area (Å²) in [5.74, 6) is -1.04. The number of carbonyl (C=O) groups excluding carboxylic acids is 2. The molecule has 0 saturated carbocycles. The molecule has 0 spiro atoms. The van der Waals surface area contributed by atoms with Crippen molar-refractivity contribution in [2.24, 2.45) is 11.5 Å². The molecule has 0 aliphatic carbocycles. The number of ether oxygens (including phenoxy) is 4. The van der Waals surface area contributed by atoms with Gasteiger partial charge < -0.3 is 30.4 Å². The van der Waals surface area contributed by atoms with Gasteiger partial charge in [-0.05, 0) is 171 Å². The van der Waals surface area contributed by atoms with E-state index in [1.807, 2.05) is 91.0 Å². The number of rotatable bonds is 10. The van der Waals surface area contributed by atoms with Crippen molar-refractivity contribution in [3.63, 3.8) is 0 Å². The van der Waals surface area contributed by atoms with E-state index in [2.05, 4.69) is 50.1 Å². The van der Waals surface area contributed by atoms with E-state index < -0.39 is 16.2 Å². The molecule has 0 unspecified atom stereocenters. The monoisotopic (exact) mass is 1190 g/mol. The first-order valence-corrected chi connectivity index (χ1v) is 28.3. The number of carbonyl (C=O) groups is 2. The van der Waals surface area contributed by atoms with Gasteiger partial charge in [-0.2, -0.15) is 10.5 Å². The second kappa shape index (κ2) is 27.8. The van der Waals surface area contributed by atoms with Crippen LogP contribution in [0.15, 0.2) is 174 Å². The lowest BCUT2D eigenvalue weighted by Crippen LogP contribution is -2.45. The van der Waals surface area contributed by atoms with Crippen LogP contribution < -0.4 is 11.5 Å². The third kappa shape index (κ3) is 15.0. The molecule has 6 aromatic carbocycles. The Kier molecular flexibility index (Phi) is 21.3. The number of nitrogens with zero attached hydrogens (tertiary/aromatic N) is 2. The lowest BCUT2D eigenvalue weighted by molar-refractivity contribution is -0.127. The second-order valence-corrected chi connectivity index (χ2v) is 23.0. The van der Waals surface area contributed by atoms with E-state index in [0.717, 1.165) is 76.5 Å². The fourth-order valence-electron chi connectivity index (χ4n) is 9.73. The van der Waals surface area contributed by atoms with E-state index >= 15 is 0 Å².